The van der Waals surface area contributed by atoms with Crippen molar-refractivity contribution in [2.24, 2.45) is 15.9 Å². The molecular formula is C14H22N2. The Labute approximate surface area is 98.8 Å². The van der Waals surface area contributed by atoms with Gasteiger partial charge in [0.2, 0.25) is 0 Å². The molecule has 0 aliphatic carbocycles. The Bertz CT molecular complexity index is 363. The fourth-order valence-electron chi connectivity index (χ4n) is 1.52. The summed E-state index contributed by atoms with van der Waals surface area (Å²) in [5, 5.41) is 4.03. The molecule has 1 rings (SSSR count). The average molecular weight is 218 g/mol. The molecule has 16 heavy (non-hydrogen) atoms. The lowest BCUT2D eigenvalue weighted by atomic mass is 9.63. The van der Waals surface area contributed by atoms with E-state index in [1.54, 1.807) is 6.21 Å². The minimum atomic E-state index is 0.0360. The minimum Gasteiger partial charge on any atom is -0.285 e. The Hall–Kier alpha value is -1.31. The van der Waals surface area contributed by atoms with Gasteiger partial charge in [0.25, 0.3) is 0 Å². The van der Waals surface area contributed by atoms with E-state index in [9.17, 15) is 0 Å². The molecule has 0 saturated heterocycles. The summed E-state index contributed by atoms with van der Waals surface area (Å²) in [7, 11) is 0. The third-order valence-corrected chi connectivity index (χ3v) is 3.64. The van der Waals surface area contributed by atoms with Gasteiger partial charge in [0.1, 0.15) is 0 Å². The molecule has 0 aromatic rings. The third kappa shape index (κ3) is 2.43. The van der Waals surface area contributed by atoms with Crippen LogP contribution in [-0.4, -0.2) is 6.21 Å². The van der Waals surface area contributed by atoms with Crippen molar-refractivity contribution >= 4 is 6.21 Å². The van der Waals surface area contributed by atoms with Crippen molar-refractivity contribution in [2.75, 3.05) is 0 Å². The molecule has 1 N–H and O–H groups in total. The van der Waals surface area contributed by atoms with Gasteiger partial charge in [0.15, 0.2) is 0 Å². The number of hydrogen-bond donors (Lipinski definition) is 1. The number of hydrogen-bond acceptors (Lipinski definition) is 2. The molecule has 1 heterocycles. The Balaban J connectivity index is 3.16. The predicted octanol–water partition coefficient (Wildman–Crippen LogP) is 3.64. The molecule has 0 bridgehead atoms. The Morgan fingerprint density at radius 1 is 1.19 bits per heavy atom. The standard InChI is InChI=1S/C14H22N2/c1-11-8-7-9-15-16-10-12(11)14(5,6)13(2,3)4/h7-10,16H,1H2,2-6H3/b8-7-,12-10+,15-9-. The summed E-state index contributed by atoms with van der Waals surface area (Å²) in [6.07, 6.45) is 7.58. The zero-order chi connectivity index (χ0) is 12.4. The summed E-state index contributed by atoms with van der Waals surface area (Å²) < 4.78 is 0. The van der Waals surface area contributed by atoms with Crippen LogP contribution in [0, 0.1) is 10.8 Å². The number of hydrazone groups is 1. The Kier molecular flexibility index (Phi) is 3.41. The summed E-state index contributed by atoms with van der Waals surface area (Å²) in [6, 6.07) is 0. The van der Waals surface area contributed by atoms with Crippen LogP contribution >= 0.6 is 0 Å². The number of nitrogens with one attached hydrogen (secondary N) is 1. The van der Waals surface area contributed by atoms with E-state index in [0.29, 0.717) is 0 Å². The average Bonchev–Trinajstić information content (AvgIpc) is 2.09. The van der Waals surface area contributed by atoms with E-state index >= 15 is 0 Å². The molecule has 88 valence electrons. The molecule has 0 aromatic heterocycles. The van der Waals surface area contributed by atoms with Crippen LogP contribution in [0.2, 0.25) is 0 Å². The zero-order valence-corrected chi connectivity index (χ0v) is 11.0. The van der Waals surface area contributed by atoms with E-state index in [-0.39, 0.29) is 10.8 Å². The molecule has 0 spiro atoms. The van der Waals surface area contributed by atoms with Crippen LogP contribution in [0.15, 0.2) is 41.2 Å². The van der Waals surface area contributed by atoms with Crippen molar-refractivity contribution in [1.82, 2.24) is 5.43 Å². The van der Waals surface area contributed by atoms with Crippen molar-refractivity contribution in [3.63, 3.8) is 0 Å². The number of rotatable bonds is 1. The number of nitrogens with zero attached hydrogens (tertiary/aromatic N) is 1. The molecule has 0 amide bonds. The predicted molar refractivity (Wildman–Crippen MR) is 71.2 cm³/mol. The second-order valence-corrected chi connectivity index (χ2v) is 5.72. The van der Waals surface area contributed by atoms with Crippen LogP contribution in [0.3, 0.4) is 0 Å². The fourth-order valence-corrected chi connectivity index (χ4v) is 1.52. The molecule has 1 aliphatic heterocycles. The zero-order valence-electron chi connectivity index (χ0n) is 11.0. The van der Waals surface area contributed by atoms with Gasteiger partial charge in [-0.15, -0.1) is 0 Å². The van der Waals surface area contributed by atoms with Gasteiger partial charge in [-0.3, -0.25) is 5.43 Å². The SMILES string of the molecule is C=C1/C=C\C=N/N/C=C\1C(C)(C)C(C)(C)C. The van der Waals surface area contributed by atoms with E-state index in [0.717, 1.165) is 5.57 Å². The molecule has 0 radical (unpaired) electrons. The monoisotopic (exact) mass is 218 g/mol. The molecule has 1 aliphatic rings. The second kappa shape index (κ2) is 4.28. The highest BCUT2D eigenvalue weighted by atomic mass is 15.3. The van der Waals surface area contributed by atoms with Crippen molar-refractivity contribution < 1.29 is 0 Å². The first-order valence-corrected chi connectivity index (χ1v) is 5.62. The Morgan fingerprint density at radius 2 is 1.81 bits per heavy atom. The topological polar surface area (TPSA) is 24.4 Å². The first kappa shape index (κ1) is 12.8. The van der Waals surface area contributed by atoms with Crippen LogP contribution in [0.4, 0.5) is 0 Å². The maximum absolute atomic E-state index is 4.12. The highest BCUT2D eigenvalue weighted by Crippen LogP contribution is 2.46. The maximum atomic E-state index is 4.12. The highest BCUT2D eigenvalue weighted by molar-refractivity contribution is 5.72. The molecule has 2 heteroatoms. The Morgan fingerprint density at radius 3 is 2.38 bits per heavy atom. The van der Waals surface area contributed by atoms with Gasteiger partial charge >= 0.3 is 0 Å². The van der Waals surface area contributed by atoms with Crippen molar-refractivity contribution in [3.05, 3.63) is 36.1 Å². The van der Waals surface area contributed by atoms with E-state index in [1.165, 1.54) is 5.57 Å². The van der Waals surface area contributed by atoms with Crippen LogP contribution in [0.5, 0.6) is 0 Å². The molecule has 0 fully saturated rings. The van der Waals surface area contributed by atoms with Gasteiger partial charge in [-0.25, -0.2) is 0 Å². The van der Waals surface area contributed by atoms with Crippen molar-refractivity contribution in [3.8, 4) is 0 Å². The van der Waals surface area contributed by atoms with Gasteiger partial charge in [0, 0.05) is 12.4 Å². The lowest BCUT2D eigenvalue weighted by molar-refractivity contribution is 0.180. The van der Waals surface area contributed by atoms with Crippen molar-refractivity contribution in [2.45, 2.75) is 34.6 Å². The summed E-state index contributed by atoms with van der Waals surface area (Å²) in [6.45, 7) is 15.3. The summed E-state index contributed by atoms with van der Waals surface area (Å²) in [5.74, 6) is 0. The van der Waals surface area contributed by atoms with Gasteiger partial charge in [-0.1, -0.05) is 47.3 Å². The van der Waals surface area contributed by atoms with Crippen LogP contribution in [0.1, 0.15) is 34.6 Å². The van der Waals surface area contributed by atoms with Crippen molar-refractivity contribution in [1.29, 1.82) is 0 Å². The molecule has 0 unspecified atom stereocenters. The molecule has 0 atom stereocenters. The molecular weight excluding hydrogens is 196 g/mol. The van der Waals surface area contributed by atoms with Crippen LogP contribution < -0.4 is 5.43 Å². The summed E-state index contributed by atoms with van der Waals surface area (Å²) >= 11 is 0. The molecule has 2 nitrogen and oxygen atoms in total. The van der Waals surface area contributed by atoms with Crippen LogP contribution in [0.25, 0.3) is 0 Å². The quantitative estimate of drug-likeness (QED) is 0.714. The van der Waals surface area contributed by atoms with Gasteiger partial charge in [-0.2, -0.15) is 5.10 Å². The van der Waals surface area contributed by atoms with Crippen LogP contribution in [-0.2, 0) is 0 Å². The van der Waals surface area contributed by atoms with E-state index in [4.69, 9.17) is 0 Å². The smallest absolute Gasteiger partial charge is 0.0472 e. The second-order valence-electron chi connectivity index (χ2n) is 5.72. The van der Waals surface area contributed by atoms with Gasteiger partial charge in [-0.05, 0) is 28.1 Å². The first-order chi connectivity index (χ1) is 7.27. The maximum Gasteiger partial charge on any atom is 0.0472 e. The third-order valence-electron chi connectivity index (χ3n) is 3.64. The highest BCUT2D eigenvalue weighted by Gasteiger charge is 2.36. The van der Waals surface area contributed by atoms with E-state index in [2.05, 4.69) is 51.7 Å². The van der Waals surface area contributed by atoms with E-state index < -0.39 is 0 Å². The first-order valence-electron chi connectivity index (χ1n) is 5.62. The summed E-state index contributed by atoms with van der Waals surface area (Å²) in [5.41, 5.74) is 5.39. The lowest BCUT2D eigenvalue weighted by Crippen LogP contribution is -2.33. The number of allylic oxidation sites excluding steroid dienone is 4. The fraction of sp³-hybridized carbons (Fsp3) is 0.500. The minimum absolute atomic E-state index is 0.0360. The normalized spacial score (nSPS) is 24.8. The largest absolute Gasteiger partial charge is 0.285 e. The van der Waals surface area contributed by atoms with Gasteiger partial charge in [0.05, 0.1) is 0 Å². The van der Waals surface area contributed by atoms with E-state index in [1.807, 2.05) is 18.4 Å². The summed E-state index contributed by atoms with van der Waals surface area (Å²) in [4.78, 5) is 0. The lowest BCUT2D eigenvalue weighted by Gasteiger charge is -2.41. The molecule has 0 aromatic carbocycles. The van der Waals surface area contributed by atoms with Gasteiger partial charge < -0.3 is 0 Å². The molecule has 0 saturated carbocycles.